The lowest BCUT2D eigenvalue weighted by molar-refractivity contribution is -0.109. The zero-order valence-corrected chi connectivity index (χ0v) is 9.10. The molecular weight excluding hydrogens is 184 g/mol. The smallest absolute Gasteiger partial charge is 0.137 e. The van der Waals surface area contributed by atoms with Crippen LogP contribution in [0.4, 0.5) is 0 Å². The molecule has 74 valence electrons. The van der Waals surface area contributed by atoms with E-state index >= 15 is 0 Å². The largest absolute Gasteiger partial charge is 0.310 e. The fourth-order valence-corrected chi connectivity index (χ4v) is 1.35. The molecule has 0 bridgehead atoms. The number of likely N-dealkylation sites (N-methyl/N-ethyl adjacent to an activating group) is 1. The van der Waals surface area contributed by atoms with Gasteiger partial charge in [0.25, 0.3) is 0 Å². The van der Waals surface area contributed by atoms with Gasteiger partial charge in [0.05, 0.1) is 17.2 Å². The highest BCUT2D eigenvalue weighted by Crippen LogP contribution is 2.02. The van der Waals surface area contributed by atoms with Gasteiger partial charge in [-0.25, -0.2) is 4.98 Å². The number of carbonyl (C=O) groups is 1. The summed E-state index contributed by atoms with van der Waals surface area (Å²) in [5.74, 6) is 0. The molecule has 1 aromatic heterocycles. The summed E-state index contributed by atoms with van der Waals surface area (Å²) in [6.07, 6.45) is 1.59. The van der Waals surface area contributed by atoms with Gasteiger partial charge in [-0.05, 0) is 7.05 Å². The minimum atomic E-state index is -0.0999. The molecule has 0 amide bonds. The van der Waals surface area contributed by atoms with Crippen molar-refractivity contribution in [2.24, 2.45) is 0 Å². The first-order valence-corrected chi connectivity index (χ1v) is 5.30. The fourth-order valence-electron chi connectivity index (χ4n) is 0.782. The number of aldehydes is 1. The Hall–Kier alpha value is -0.740. The molecule has 0 aliphatic rings. The standard InChI is InChI=1S/C7H10N2OS.C2H6/c1-8-6(3-10)2-7-4-11-5-9-7;1-2/h3-6,8H,2H2,1H3;1-2H3/t6-;/m0./s1. The Kier molecular flexibility index (Phi) is 7.44. The highest BCUT2D eigenvalue weighted by molar-refractivity contribution is 7.07. The van der Waals surface area contributed by atoms with Crippen molar-refractivity contribution in [3.05, 3.63) is 16.6 Å². The fraction of sp³-hybridized carbons (Fsp3) is 0.556. The lowest BCUT2D eigenvalue weighted by Crippen LogP contribution is -2.28. The molecule has 0 spiro atoms. The van der Waals surface area contributed by atoms with Gasteiger partial charge in [0.2, 0.25) is 0 Å². The van der Waals surface area contributed by atoms with E-state index in [1.165, 1.54) is 0 Å². The number of thiazole rings is 1. The normalized spacial score (nSPS) is 11.3. The van der Waals surface area contributed by atoms with E-state index in [1.807, 2.05) is 19.2 Å². The number of hydrogen-bond donors (Lipinski definition) is 1. The maximum absolute atomic E-state index is 10.4. The topological polar surface area (TPSA) is 42.0 Å². The first kappa shape index (κ1) is 12.3. The van der Waals surface area contributed by atoms with E-state index in [1.54, 1.807) is 23.9 Å². The summed E-state index contributed by atoms with van der Waals surface area (Å²) in [5, 5.41) is 4.84. The summed E-state index contributed by atoms with van der Waals surface area (Å²) < 4.78 is 0. The van der Waals surface area contributed by atoms with Gasteiger partial charge in [0.1, 0.15) is 6.29 Å². The zero-order chi connectivity index (χ0) is 10.1. The third-order valence-corrected chi connectivity index (χ3v) is 2.08. The van der Waals surface area contributed by atoms with Gasteiger partial charge in [-0.3, -0.25) is 0 Å². The molecule has 0 aromatic carbocycles. The number of nitrogens with one attached hydrogen (secondary N) is 1. The van der Waals surface area contributed by atoms with E-state index in [4.69, 9.17) is 0 Å². The van der Waals surface area contributed by atoms with Gasteiger partial charge >= 0.3 is 0 Å². The molecule has 0 saturated heterocycles. The van der Waals surface area contributed by atoms with Crippen LogP contribution in [0.25, 0.3) is 0 Å². The van der Waals surface area contributed by atoms with Gasteiger partial charge in [-0.1, -0.05) is 13.8 Å². The van der Waals surface area contributed by atoms with Gasteiger partial charge in [0, 0.05) is 11.8 Å². The lowest BCUT2D eigenvalue weighted by Gasteiger charge is -2.04. The Morgan fingerprint density at radius 3 is 2.77 bits per heavy atom. The molecule has 0 fully saturated rings. The van der Waals surface area contributed by atoms with Crippen molar-refractivity contribution < 1.29 is 4.79 Å². The van der Waals surface area contributed by atoms with Crippen molar-refractivity contribution in [1.82, 2.24) is 10.3 Å². The van der Waals surface area contributed by atoms with E-state index in [9.17, 15) is 4.79 Å². The molecule has 0 radical (unpaired) electrons. The lowest BCUT2D eigenvalue weighted by atomic mass is 10.2. The molecule has 0 aliphatic carbocycles. The molecule has 0 saturated carbocycles. The monoisotopic (exact) mass is 200 g/mol. The third-order valence-electron chi connectivity index (χ3n) is 1.45. The van der Waals surface area contributed by atoms with E-state index < -0.39 is 0 Å². The number of hydrogen-bond acceptors (Lipinski definition) is 4. The van der Waals surface area contributed by atoms with Crippen LogP contribution in [0.1, 0.15) is 19.5 Å². The quantitative estimate of drug-likeness (QED) is 0.749. The van der Waals surface area contributed by atoms with Crippen LogP contribution in [-0.4, -0.2) is 24.4 Å². The Labute approximate surface area is 83.2 Å². The number of carbonyl (C=O) groups excluding carboxylic acids is 1. The maximum Gasteiger partial charge on any atom is 0.137 e. The Morgan fingerprint density at radius 2 is 2.38 bits per heavy atom. The second-order valence-corrected chi connectivity index (χ2v) is 2.93. The van der Waals surface area contributed by atoms with Crippen LogP contribution in [0, 0.1) is 0 Å². The Balaban J connectivity index is 0.000000671. The van der Waals surface area contributed by atoms with Crippen LogP contribution in [-0.2, 0) is 11.2 Å². The van der Waals surface area contributed by atoms with Crippen LogP contribution in [0.5, 0.6) is 0 Å². The van der Waals surface area contributed by atoms with Gasteiger partial charge in [-0.15, -0.1) is 11.3 Å². The highest BCUT2D eigenvalue weighted by atomic mass is 32.1. The predicted octanol–water partition coefficient (Wildman–Crippen LogP) is 1.50. The summed E-state index contributed by atoms with van der Waals surface area (Å²) in [5.41, 5.74) is 2.74. The second-order valence-electron chi connectivity index (χ2n) is 2.22. The molecule has 1 rings (SSSR count). The SMILES string of the molecule is CC.CN[C@H](C=O)Cc1cscn1. The number of aromatic nitrogens is 1. The van der Waals surface area contributed by atoms with Gasteiger partial charge in [-0.2, -0.15) is 0 Å². The summed E-state index contributed by atoms with van der Waals surface area (Å²) in [6, 6.07) is -0.0999. The van der Waals surface area contributed by atoms with Crippen LogP contribution in [0.15, 0.2) is 10.9 Å². The maximum atomic E-state index is 10.4. The van der Waals surface area contributed by atoms with Crippen LogP contribution < -0.4 is 5.32 Å². The molecule has 0 aliphatic heterocycles. The Morgan fingerprint density at radius 1 is 1.69 bits per heavy atom. The molecule has 3 nitrogen and oxygen atoms in total. The van der Waals surface area contributed by atoms with E-state index in [-0.39, 0.29) is 6.04 Å². The van der Waals surface area contributed by atoms with Crippen molar-refractivity contribution in [1.29, 1.82) is 0 Å². The second kappa shape index (κ2) is 7.89. The van der Waals surface area contributed by atoms with E-state index in [0.29, 0.717) is 6.42 Å². The Bertz CT molecular complexity index is 211. The van der Waals surface area contributed by atoms with Crippen molar-refractivity contribution in [3.8, 4) is 0 Å². The molecule has 1 heterocycles. The van der Waals surface area contributed by atoms with Gasteiger partial charge in [0.15, 0.2) is 0 Å². The van der Waals surface area contributed by atoms with Crippen LogP contribution in [0.2, 0.25) is 0 Å². The van der Waals surface area contributed by atoms with E-state index in [0.717, 1.165) is 12.0 Å². The molecule has 4 heteroatoms. The zero-order valence-electron chi connectivity index (χ0n) is 8.28. The minimum Gasteiger partial charge on any atom is -0.310 e. The third kappa shape index (κ3) is 4.75. The first-order valence-electron chi connectivity index (χ1n) is 4.36. The molecule has 1 atom stereocenters. The van der Waals surface area contributed by atoms with E-state index in [2.05, 4.69) is 10.3 Å². The summed E-state index contributed by atoms with van der Waals surface area (Å²) in [7, 11) is 1.77. The molecule has 1 aromatic rings. The van der Waals surface area contributed by atoms with Crippen molar-refractivity contribution in [2.45, 2.75) is 26.3 Å². The minimum absolute atomic E-state index is 0.0999. The molecular formula is C9H16N2OS. The number of rotatable bonds is 4. The summed E-state index contributed by atoms with van der Waals surface area (Å²) in [4.78, 5) is 14.4. The first-order chi connectivity index (χ1) is 6.36. The highest BCUT2D eigenvalue weighted by Gasteiger charge is 2.05. The predicted molar refractivity (Wildman–Crippen MR) is 56.1 cm³/mol. The van der Waals surface area contributed by atoms with Gasteiger partial charge < -0.3 is 10.1 Å². The average Bonchev–Trinajstić information content (AvgIpc) is 2.70. The van der Waals surface area contributed by atoms with Crippen LogP contribution >= 0.6 is 11.3 Å². The molecule has 1 N–H and O–H groups in total. The van der Waals surface area contributed by atoms with Crippen LogP contribution in [0.3, 0.4) is 0 Å². The van der Waals surface area contributed by atoms with Crippen molar-refractivity contribution in [2.75, 3.05) is 7.05 Å². The van der Waals surface area contributed by atoms with Crippen molar-refractivity contribution >= 4 is 17.6 Å². The molecule has 0 unspecified atom stereocenters. The number of nitrogens with zero attached hydrogens (tertiary/aromatic N) is 1. The van der Waals surface area contributed by atoms with Crippen molar-refractivity contribution in [3.63, 3.8) is 0 Å². The summed E-state index contributed by atoms with van der Waals surface area (Å²) >= 11 is 1.55. The summed E-state index contributed by atoms with van der Waals surface area (Å²) in [6.45, 7) is 4.00. The molecule has 13 heavy (non-hydrogen) atoms. The average molecular weight is 200 g/mol.